The van der Waals surface area contributed by atoms with Crippen LogP contribution in [-0.2, 0) is 28.4 Å². The van der Waals surface area contributed by atoms with Crippen molar-refractivity contribution in [2.24, 2.45) is 5.92 Å². The van der Waals surface area contributed by atoms with Gasteiger partial charge in [0.2, 0.25) is 0 Å². The molecule has 0 radical (unpaired) electrons. The molecule has 0 aromatic carbocycles. The highest BCUT2D eigenvalue weighted by molar-refractivity contribution is 5.22. The van der Waals surface area contributed by atoms with Crippen molar-refractivity contribution in [2.75, 3.05) is 53.2 Å². The van der Waals surface area contributed by atoms with E-state index >= 15 is 0 Å². The van der Waals surface area contributed by atoms with Crippen molar-refractivity contribution in [2.45, 2.75) is 19.8 Å². The lowest BCUT2D eigenvalue weighted by Gasteiger charge is -2.22. The summed E-state index contributed by atoms with van der Waals surface area (Å²) in [4.78, 5) is 0. The maximum atomic E-state index is 5.75. The van der Waals surface area contributed by atoms with Crippen LogP contribution in [0.4, 0.5) is 0 Å². The average Bonchev–Trinajstić information content (AvgIpc) is 2.54. The van der Waals surface area contributed by atoms with Crippen molar-refractivity contribution >= 4 is 0 Å². The van der Waals surface area contributed by atoms with Crippen molar-refractivity contribution in [1.29, 1.82) is 0 Å². The molecule has 0 aromatic rings. The second kappa shape index (κ2) is 10.6. The minimum Gasteiger partial charge on any atom is -0.488 e. The molecule has 0 spiro atoms. The van der Waals surface area contributed by atoms with Crippen LogP contribution in [0.25, 0.3) is 0 Å². The van der Waals surface area contributed by atoms with Crippen LogP contribution < -0.4 is 0 Å². The smallest absolute Gasteiger partial charge is 0.191 e. The van der Waals surface area contributed by atoms with E-state index in [9.17, 15) is 0 Å². The van der Waals surface area contributed by atoms with E-state index < -0.39 is 0 Å². The molecule has 2 rings (SSSR count). The average molecular weight is 314 g/mol. The van der Waals surface area contributed by atoms with Crippen LogP contribution in [-0.4, -0.2) is 53.2 Å². The fraction of sp³-hybridized carbons (Fsp3) is 0.750. The van der Waals surface area contributed by atoms with Crippen molar-refractivity contribution in [3.8, 4) is 0 Å². The lowest BCUT2D eigenvalue weighted by molar-refractivity contribution is -0.127. The van der Waals surface area contributed by atoms with Crippen molar-refractivity contribution in [3.05, 3.63) is 23.7 Å². The second-order valence-corrected chi connectivity index (χ2v) is 5.08. The van der Waals surface area contributed by atoms with Gasteiger partial charge in [0.15, 0.2) is 19.3 Å². The Morgan fingerprint density at radius 2 is 1.59 bits per heavy atom. The number of hydrogen-bond donors (Lipinski definition) is 0. The minimum atomic E-state index is 0.157. The summed E-state index contributed by atoms with van der Waals surface area (Å²) in [5.41, 5.74) is 0. The first-order chi connectivity index (χ1) is 10.9. The summed E-state index contributed by atoms with van der Waals surface area (Å²) in [5, 5.41) is 0. The molecule has 1 atom stereocenters. The Morgan fingerprint density at radius 3 is 2.36 bits per heavy atom. The van der Waals surface area contributed by atoms with Gasteiger partial charge in [-0.2, -0.15) is 0 Å². The summed E-state index contributed by atoms with van der Waals surface area (Å²) < 4.78 is 32.9. The molecular formula is C16H26O6. The van der Waals surface area contributed by atoms with Crippen LogP contribution in [0.3, 0.4) is 0 Å². The van der Waals surface area contributed by atoms with Crippen LogP contribution in [0.5, 0.6) is 0 Å². The predicted octanol–water partition coefficient (Wildman–Crippen LogP) is 2.21. The molecule has 1 aliphatic carbocycles. The highest BCUT2D eigenvalue weighted by Gasteiger charge is 2.18. The van der Waals surface area contributed by atoms with Gasteiger partial charge in [0.1, 0.15) is 12.4 Å². The zero-order chi connectivity index (χ0) is 15.5. The van der Waals surface area contributed by atoms with Gasteiger partial charge in [0, 0.05) is 6.42 Å². The molecule has 6 nitrogen and oxygen atoms in total. The molecule has 0 bridgehead atoms. The normalized spacial score (nSPS) is 26.0. The van der Waals surface area contributed by atoms with Crippen LogP contribution in [0, 0.1) is 5.92 Å². The van der Waals surface area contributed by atoms with Crippen molar-refractivity contribution in [1.82, 2.24) is 0 Å². The first-order valence-corrected chi connectivity index (χ1v) is 7.88. The summed E-state index contributed by atoms with van der Waals surface area (Å²) in [7, 11) is 0. The summed E-state index contributed by atoms with van der Waals surface area (Å²) in [5.74, 6) is 2.09. The number of hydrogen-bond acceptors (Lipinski definition) is 6. The lowest BCUT2D eigenvalue weighted by atomic mass is 9.96. The third-order valence-corrected chi connectivity index (χ3v) is 3.48. The summed E-state index contributed by atoms with van der Waals surface area (Å²) >= 11 is 0. The summed E-state index contributed by atoms with van der Waals surface area (Å²) in [6.07, 6.45) is 6.06. The van der Waals surface area contributed by atoms with Crippen LogP contribution >= 0.6 is 0 Å². The second-order valence-electron chi connectivity index (χ2n) is 5.08. The van der Waals surface area contributed by atoms with Gasteiger partial charge in [-0.05, 0) is 18.4 Å². The fourth-order valence-corrected chi connectivity index (χ4v) is 2.18. The molecule has 22 heavy (non-hydrogen) atoms. The molecule has 2 aliphatic rings. The SMILES string of the molecule is CCC1C=CC2=C(C1)OCOCOCCOCCOCCO2. The van der Waals surface area contributed by atoms with E-state index in [-0.39, 0.29) is 13.6 Å². The van der Waals surface area contributed by atoms with Gasteiger partial charge in [-0.1, -0.05) is 13.0 Å². The Labute approximate surface area is 132 Å². The van der Waals surface area contributed by atoms with Crippen LogP contribution in [0.2, 0.25) is 0 Å². The Morgan fingerprint density at radius 1 is 0.864 bits per heavy atom. The molecule has 1 unspecified atom stereocenters. The Bertz CT molecular complexity index is 366. The van der Waals surface area contributed by atoms with Crippen molar-refractivity contribution < 1.29 is 28.4 Å². The molecule has 1 heterocycles. The van der Waals surface area contributed by atoms with Gasteiger partial charge in [0.25, 0.3) is 0 Å². The van der Waals surface area contributed by atoms with E-state index in [0.29, 0.717) is 45.6 Å². The monoisotopic (exact) mass is 314 g/mol. The summed E-state index contributed by atoms with van der Waals surface area (Å²) in [6, 6.07) is 0. The third-order valence-electron chi connectivity index (χ3n) is 3.48. The molecular weight excluding hydrogens is 288 g/mol. The molecule has 0 saturated heterocycles. The van der Waals surface area contributed by atoms with Gasteiger partial charge in [0.05, 0.1) is 33.0 Å². The van der Waals surface area contributed by atoms with E-state index in [1.807, 2.05) is 6.08 Å². The van der Waals surface area contributed by atoms with Gasteiger partial charge < -0.3 is 28.4 Å². The van der Waals surface area contributed by atoms with E-state index in [1.54, 1.807) is 0 Å². The molecule has 6 heteroatoms. The van der Waals surface area contributed by atoms with Gasteiger partial charge >= 0.3 is 0 Å². The zero-order valence-electron chi connectivity index (χ0n) is 13.3. The van der Waals surface area contributed by atoms with E-state index in [1.165, 1.54) is 0 Å². The Kier molecular flexibility index (Phi) is 8.33. The van der Waals surface area contributed by atoms with Gasteiger partial charge in [-0.25, -0.2) is 0 Å². The minimum absolute atomic E-state index is 0.157. The number of allylic oxidation sites excluding steroid dienone is 3. The molecule has 0 N–H and O–H groups in total. The predicted molar refractivity (Wildman–Crippen MR) is 80.0 cm³/mol. The molecule has 0 amide bonds. The quantitative estimate of drug-likeness (QED) is 0.740. The summed E-state index contributed by atoms with van der Waals surface area (Å²) in [6.45, 7) is 5.66. The number of rotatable bonds is 1. The van der Waals surface area contributed by atoms with Crippen LogP contribution in [0.15, 0.2) is 23.7 Å². The fourth-order valence-electron chi connectivity index (χ4n) is 2.18. The topological polar surface area (TPSA) is 55.4 Å². The molecule has 0 fully saturated rings. The largest absolute Gasteiger partial charge is 0.488 e. The zero-order valence-corrected chi connectivity index (χ0v) is 13.3. The third kappa shape index (κ3) is 6.36. The number of ether oxygens (including phenoxy) is 6. The van der Waals surface area contributed by atoms with Crippen molar-refractivity contribution in [3.63, 3.8) is 0 Å². The van der Waals surface area contributed by atoms with E-state index in [2.05, 4.69) is 13.0 Å². The molecule has 126 valence electrons. The molecule has 0 saturated carbocycles. The lowest BCUT2D eigenvalue weighted by Crippen LogP contribution is -2.16. The Balaban J connectivity index is 1.87. The highest BCUT2D eigenvalue weighted by Crippen LogP contribution is 2.27. The van der Waals surface area contributed by atoms with Crippen LogP contribution in [0.1, 0.15) is 19.8 Å². The van der Waals surface area contributed by atoms with Gasteiger partial charge in [-0.15, -0.1) is 0 Å². The standard InChI is InChI=1S/C16H26O6/c1-2-14-3-4-15-16(11-14)22-13-20-12-19-8-7-17-5-6-18-9-10-21-15/h3-4,14H,2,5-13H2,1H3. The highest BCUT2D eigenvalue weighted by atomic mass is 16.7. The maximum absolute atomic E-state index is 5.75. The van der Waals surface area contributed by atoms with Gasteiger partial charge in [-0.3, -0.25) is 0 Å². The van der Waals surface area contributed by atoms with E-state index in [4.69, 9.17) is 28.4 Å². The first kappa shape index (κ1) is 17.3. The Hall–Kier alpha value is -1.08. The first-order valence-electron chi connectivity index (χ1n) is 7.88. The molecule has 1 aliphatic heterocycles. The molecule has 0 aromatic heterocycles. The maximum Gasteiger partial charge on any atom is 0.191 e. The van der Waals surface area contributed by atoms with E-state index in [0.717, 1.165) is 24.4 Å².